The molecule has 1 unspecified atom stereocenters. The maximum absolute atomic E-state index is 11.8. The topological polar surface area (TPSA) is 48.5 Å². The van der Waals surface area contributed by atoms with E-state index in [1.54, 1.807) is 11.5 Å². The SMILES string of the molecule is CC1Cc2cc(CCN3CCN(c4nsc5ccccc45)CC3)ccc2NC1=O. The van der Waals surface area contributed by atoms with Gasteiger partial charge in [0, 0.05) is 49.7 Å². The standard InChI is InChI=1S/C23H26N4OS/c1-16-14-18-15-17(6-7-20(18)24-23(16)28)8-9-26-10-12-27(13-11-26)22-19-4-2-3-5-21(19)29-25-22/h2-7,15-16H,8-14H2,1H3,(H,24,28). The van der Waals surface area contributed by atoms with Gasteiger partial charge in [0.05, 0.1) is 4.70 Å². The maximum atomic E-state index is 11.8. The van der Waals surface area contributed by atoms with Gasteiger partial charge in [-0.05, 0) is 53.7 Å². The van der Waals surface area contributed by atoms with E-state index >= 15 is 0 Å². The zero-order valence-corrected chi connectivity index (χ0v) is 17.5. The van der Waals surface area contributed by atoms with Gasteiger partial charge in [0.25, 0.3) is 0 Å². The molecule has 1 fully saturated rings. The highest BCUT2D eigenvalue weighted by atomic mass is 32.1. The minimum absolute atomic E-state index is 0.0626. The lowest BCUT2D eigenvalue weighted by Crippen LogP contribution is -2.47. The fraction of sp³-hybridized carbons (Fsp3) is 0.391. The Balaban J connectivity index is 1.18. The first kappa shape index (κ1) is 18.6. The highest BCUT2D eigenvalue weighted by molar-refractivity contribution is 7.13. The summed E-state index contributed by atoms with van der Waals surface area (Å²) in [6, 6.07) is 15.0. The minimum atomic E-state index is 0.0626. The van der Waals surface area contributed by atoms with Crippen molar-refractivity contribution in [3.63, 3.8) is 0 Å². The summed E-state index contributed by atoms with van der Waals surface area (Å²) in [7, 11) is 0. The highest BCUT2D eigenvalue weighted by Crippen LogP contribution is 2.30. The lowest BCUT2D eigenvalue weighted by Gasteiger charge is -2.35. The van der Waals surface area contributed by atoms with Gasteiger partial charge >= 0.3 is 0 Å². The molecule has 6 heteroatoms. The summed E-state index contributed by atoms with van der Waals surface area (Å²) in [5.41, 5.74) is 3.62. The Bertz CT molecular complexity index is 1040. The van der Waals surface area contributed by atoms with Gasteiger partial charge < -0.3 is 10.2 Å². The third-order valence-corrected chi connectivity index (χ3v) is 6.97. The van der Waals surface area contributed by atoms with Gasteiger partial charge in [-0.3, -0.25) is 9.69 Å². The van der Waals surface area contributed by atoms with E-state index in [0.717, 1.165) is 57.1 Å². The third-order valence-electron chi connectivity index (χ3n) is 6.15. The fourth-order valence-corrected chi connectivity index (χ4v) is 5.14. The average molecular weight is 407 g/mol. The summed E-state index contributed by atoms with van der Waals surface area (Å²) in [5, 5.41) is 4.29. The van der Waals surface area contributed by atoms with E-state index < -0.39 is 0 Å². The monoisotopic (exact) mass is 406 g/mol. The summed E-state index contributed by atoms with van der Waals surface area (Å²) in [4.78, 5) is 16.8. The zero-order valence-electron chi connectivity index (χ0n) is 16.7. The molecule has 0 radical (unpaired) electrons. The molecule has 5 rings (SSSR count). The quantitative estimate of drug-likeness (QED) is 0.716. The zero-order chi connectivity index (χ0) is 19.8. The molecule has 1 N–H and O–H groups in total. The van der Waals surface area contributed by atoms with Gasteiger partial charge in [-0.2, -0.15) is 4.37 Å². The van der Waals surface area contributed by atoms with E-state index in [1.165, 1.54) is 21.2 Å². The molecule has 150 valence electrons. The maximum Gasteiger partial charge on any atom is 0.227 e. The molecule has 3 heterocycles. The molecule has 3 aromatic rings. The molecule has 2 aliphatic rings. The van der Waals surface area contributed by atoms with Crippen LogP contribution in [0.2, 0.25) is 0 Å². The van der Waals surface area contributed by atoms with Gasteiger partial charge in [-0.1, -0.05) is 31.2 Å². The van der Waals surface area contributed by atoms with E-state index in [-0.39, 0.29) is 11.8 Å². The van der Waals surface area contributed by atoms with Crippen molar-refractivity contribution >= 4 is 39.0 Å². The first-order valence-corrected chi connectivity index (χ1v) is 11.2. The number of aromatic nitrogens is 1. The molecule has 0 bridgehead atoms. The van der Waals surface area contributed by atoms with Crippen LogP contribution in [0.15, 0.2) is 42.5 Å². The van der Waals surface area contributed by atoms with E-state index in [9.17, 15) is 4.79 Å². The second-order valence-corrected chi connectivity index (χ2v) is 8.97. The smallest absolute Gasteiger partial charge is 0.227 e. The molecule has 0 saturated carbocycles. The molecule has 5 nitrogen and oxygen atoms in total. The number of rotatable bonds is 4. The van der Waals surface area contributed by atoms with Crippen molar-refractivity contribution in [1.29, 1.82) is 0 Å². The van der Waals surface area contributed by atoms with E-state index in [1.807, 2.05) is 6.92 Å². The third kappa shape index (κ3) is 3.74. The summed E-state index contributed by atoms with van der Waals surface area (Å²) in [6.07, 6.45) is 1.89. The molecule has 0 spiro atoms. The van der Waals surface area contributed by atoms with Crippen LogP contribution >= 0.6 is 11.5 Å². The number of nitrogens with one attached hydrogen (secondary N) is 1. The Hall–Kier alpha value is -2.44. The molecule has 1 saturated heterocycles. The fourth-order valence-electron chi connectivity index (χ4n) is 4.34. The predicted molar refractivity (Wildman–Crippen MR) is 120 cm³/mol. The van der Waals surface area contributed by atoms with Crippen molar-refractivity contribution in [3.8, 4) is 0 Å². The van der Waals surface area contributed by atoms with E-state index in [2.05, 4.69) is 57.6 Å². The number of anilines is 2. The van der Waals surface area contributed by atoms with Crippen LogP contribution in [0.5, 0.6) is 0 Å². The van der Waals surface area contributed by atoms with Crippen molar-refractivity contribution in [3.05, 3.63) is 53.6 Å². The number of carbonyl (C=O) groups excluding carboxylic acids is 1. The van der Waals surface area contributed by atoms with Crippen molar-refractivity contribution in [2.75, 3.05) is 42.9 Å². The largest absolute Gasteiger partial charge is 0.353 e. The molecule has 1 atom stereocenters. The van der Waals surface area contributed by atoms with Gasteiger partial charge in [-0.15, -0.1) is 0 Å². The number of benzene rings is 2. The van der Waals surface area contributed by atoms with Crippen molar-refractivity contribution < 1.29 is 4.79 Å². The van der Waals surface area contributed by atoms with Crippen LogP contribution in [0.25, 0.3) is 10.1 Å². The Morgan fingerprint density at radius 2 is 1.97 bits per heavy atom. The first-order valence-electron chi connectivity index (χ1n) is 10.4. The van der Waals surface area contributed by atoms with Gasteiger partial charge in [0.2, 0.25) is 5.91 Å². The number of hydrogen-bond acceptors (Lipinski definition) is 5. The second kappa shape index (κ2) is 7.76. The number of nitrogens with zero attached hydrogens (tertiary/aromatic N) is 3. The number of carbonyl (C=O) groups is 1. The van der Waals surface area contributed by atoms with Crippen LogP contribution < -0.4 is 10.2 Å². The second-order valence-electron chi connectivity index (χ2n) is 8.17. The molecule has 2 aromatic carbocycles. The van der Waals surface area contributed by atoms with Gasteiger partial charge in [-0.25, -0.2) is 0 Å². The Morgan fingerprint density at radius 3 is 2.83 bits per heavy atom. The van der Waals surface area contributed by atoms with Crippen molar-refractivity contribution in [2.45, 2.75) is 19.8 Å². The Labute approximate surface area is 175 Å². The molecule has 29 heavy (non-hydrogen) atoms. The van der Waals surface area contributed by atoms with Crippen molar-refractivity contribution in [2.24, 2.45) is 5.92 Å². The summed E-state index contributed by atoms with van der Waals surface area (Å²) in [5.74, 6) is 1.35. The molecule has 0 aliphatic carbocycles. The molecular weight excluding hydrogens is 380 g/mol. The Kier molecular flexibility index (Phi) is 4.97. The highest BCUT2D eigenvalue weighted by Gasteiger charge is 2.23. The van der Waals surface area contributed by atoms with Crippen LogP contribution in [-0.4, -0.2) is 47.9 Å². The van der Waals surface area contributed by atoms with E-state index in [0.29, 0.717) is 0 Å². The van der Waals surface area contributed by atoms with Crippen LogP contribution in [0.4, 0.5) is 11.5 Å². The molecule has 1 aromatic heterocycles. The van der Waals surface area contributed by atoms with Crippen LogP contribution in [0, 0.1) is 5.92 Å². The van der Waals surface area contributed by atoms with Crippen LogP contribution in [0.1, 0.15) is 18.1 Å². The van der Waals surface area contributed by atoms with E-state index in [4.69, 9.17) is 4.37 Å². The van der Waals surface area contributed by atoms with Gasteiger partial charge in [0.1, 0.15) is 5.82 Å². The number of hydrogen-bond donors (Lipinski definition) is 1. The number of fused-ring (bicyclic) bond motifs is 2. The van der Waals surface area contributed by atoms with Crippen LogP contribution in [-0.2, 0) is 17.6 Å². The normalized spacial score (nSPS) is 20.0. The minimum Gasteiger partial charge on any atom is -0.353 e. The van der Waals surface area contributed by atoms with Crippen LogP contribution in [0.3, 0.4) is 0 Å². The summed E-state index contributed by atoms with van der Waals surface area (Å²) in [6.45, 7) is 7.28. The van der Waals surface area contributed by atoms with Gasteiger partial charge in [0.15, 0.2) is 0 Å². The molecular formula is C23H26N4OS. The first-order chi connectivity index (χ1) is 14.2. The summed E-state index contributed by atoms with van der Waals surface area (Å²) < 4.78 is 5.98. The number of piperazine rings is 1. The number of amides is 1. The van der Waals surface area contributed by atoms with Crippen molar-refractivity contribution in [1.82, 2.24) is 9.27 Å². The lowest BCUT2D eigenvalue weighted by atomic mass is 9.93. The average Bonchev–Trinajstić information content (AvgIpc) is 3.18. The molecule has 1 amide bonds. The Morgan fingerprint density at radius 1 is 1.14 bits per heavy atom. The predicted octanol–water partition coefficient (Wildman–Crippen LogP) is 3.79. The lowest BCUT2D eigenvalue weighted by molar-refractivity contribution is -0.119. The molecule has 2 aliphatic heterocycles. The summed E-state index contributed by atoms with van der Waals surface area (Å²) >= 11 is 1.60.